The molecule has 1 atom stereocenters. The molecule has 0 aromatic heterocycles. The van der Waals surface area contributed by atoms with E-state index in [4.69, 9.17) is 0 Å². The maximum absolute atomic E-state index is 2.45. The van der Waals surface area contributed by atoms with Gasteiger partial charge in [0, 0.05) is 18.8 Å². The van der Waals surface area contributed by atoms with Gasteiger partial charge in [-0.25, -0.2) is 0 Å². The number of allylic oxidation sites excluding steroid dienone is 2. The Labute approximate surface area is 56.4 Å². The monoisotopic (exact) mass is 123 g/mol. The van der Waals surface area contributed by atoms with Crippen LogP contribution in [0.1, 0.15) is 25.7 Å². The van der Waals surface area contributed by atoms with Crippen LogP contribution in [0.2, 0.25) is 0 Å². The zero-order valence-corrected chi connectivity index (χ0v) is 5.93. The molecule has 0 N–H and O–H groups in total. The Hall–Kier alpha value is -0.460. The van der Waals surface area contributed by atoms with E-state index in [1.165, 1.54) is 25.7 Å². The predicted molar refractivity (Wildman–Crippen MR) is 38.1 cm³/mol. The topological polar surface area (TPSA) is 3.24 Å². The van der Waals surface area contributed by atoms with Gasteiger partial charge in [0.15, 0.2) is 0 Å². The summed E-state index contributed by atoms with van der Waals surface area (Å²) in [6, 6.07) is 0.894. The second-order valence-electron chi connectivity index (χ2n) is 3.08. The molecule has 0 spiro atoms. The van der Waals surface area contributed by atoms with Crippen molar-refractivity contribution in [2.45, 2.75) is 31.7 Å². The van der Waals surface area contributed by atoms with E-state index >= 15 is 0 Å². The Bertz CT molecular complexity index is 147. The zero-order chi connectivity index (χ0) is 6.27. The Morgan fingerprint density at radius 2 is 2.44 bits per heavy atom. The van der Waals surface area contributed by atoms with Gasteiger partial charge in [-0.15, -0.1) is 0 Å². The minimum atomic E-state index is 0.894. The van der Waals surface area contributed by atoms with Gasteiger partial charge in [0.2, 0.25) is 0 Å². The lowest BCUT2D eigenvalue weighted by Gasteiger charge is -2.26. The van der Waals surface area contributed by atoms with Crippen molar-refractivity contribution in [2.24, 2.45) is 0 Å². The van der Waals surface area contributed by atoms with Crippen LogP contribution >= 0.6 is 0 Å². The number of hydrogen-bond acceptors (Lipinski definition) is 1. The molecule has 1 nitrogen and oxygen atoms in total. The molecule has 0 amide bonds. The van der Waals surface area contributed by atoms with Crippen LogP contribution in [-0.2, 0) is 0 Å². The van der Waals surface area contributed by atoms with Crippen molar-refractivity contribution in [3.05, 3.63) is 11.8 Å². The van der Waals surface area contributed by atoms with Crippen LogP contribution in [0.5, 0.6) is 0 Å². The first kappa shape index (κ1) is 5.33. The second kappa shape index (κ2) is 1.76. The molecule has 2 aliphatic rings. The van der Waals surface area contributed by atoms with Gasteiger partial charge in [-0.2, -0.15) is 0 Å². The Kier molecular flexibility index (Phi) is 1.04. The average molecular weight is 123 g/mol. The molecule has 0 saturated carbocycles. The molecule has 1 fully saturated rings. The molecular formula is C8H13N. The molecule has 0 aromatic rings. The van der Waals surface area contributed by atoms with Gasteiger partial charge >= 0.3 is 0 Å². The van der Waals surface area contributed by atoms with E-state index in [0.29, 0.717) is 0 Å². The van der Waals surface area contributed by atoms with E-state index in [2.05, 4.69) is 18.0 Å². The summed E-state index contributed by atoms with van der Waals surface area (Å²) < 4.78 is 0. The van der Waals surface area contributed by atoms with Crippen LogP contribution in [-0.4, -0.2) is 18.0 Å². The maximum atomic E-state index is 2.45. The molecule has 1 heteroatoms. The number of nitrogens with zero attached hydrogens (tertiary/aromatic N) is 1. The molecule has 2 heterocycles. The molecule has 2 rings (SSSR count). The smallest absolute Gasteiger partial charge is 0.0290 e. The van der Waals surface area contributed by atoms with E-state index < -0.39 is 0 Å². The quantitative estimate of drug-likeness (QED) is 0.474. The first-order valence-corrected chi connectivity index (χ1v) is 3.80. The summed E-state index contributed by atoms with van der Waals surface area (Å²) in [6.07, 6.45) is 7.84. The van der Waals surface area contributed by atoms with Crippen molar-refractivity contribution in [2.75, 3.05) is 7.05 Å². The van der Waals surface area contributed by atoms with E-state index in [-0.39, 0.29) is 0 Å². The summed E-state index contributed by atoms with van der Waals surface area (Å²) in [7, 11) is 2.22. The second-order valence-corrected chi connectivity index (χ2v) is 3.08. The highest BCUT2D eigenvalue weighted by Gasteiger charge is 2.26. The van der Waals surface area contributed by atoms with Crippen LogP contribution < -0.4 is 0 Å². The Balaban J connectivity index is 2.27. The largest absolute Gasteiger partial charge is 0.375 e. The van der Waals surface area contributed by atoms with E-state index in [1.807, 2.05) is 0 Å². The third-order valence-corrected chi connectivity index (χ3v) is 2.61. The first-order chi connectivity index (χ1) is 4.38. The number of rotatable bonds is 0. The van der Waals surface area contributed by atoms with Crippen LogP contribution in [0, 0.1) is 0 Å². The standard InChI is InChI=1S/C8H13N/c1-9-7-3-2-4-8(9)6-5-7/h3,8H,2,4-6H2,1H3/t8-/m1/s1. The van der Waals surface area contributed by atoms with Crippen LogP contribution in [0.4, 0.5) is 0 Å². The minimum Gasteiger partial charge on any atom is -0.375 e. The molecule has 2 bridgehead atoms. The lowest BCUT2D eigenvalue weighted by Crippen LogP contribution is -2.25. The van der Waals surface area contributed by atoms with Crippen molar-refractivity contribution in [3.8, 4) is 0 Å². The van der Waals surface area contributed by atoms with Gasteiger partial charge < -0.3 is 4.90 Å². The predicted octanol–water partition coefficient (Wildman–Crippen LogP) is 1.76. The Morgan fingerprint density at radius 3 is 3.11 bits per heavy atom. The van der Waals surface area contributed by atoms with Crippen molar-refractivity contribution < 1.29 is 0 Å². The van der Waals surface area contributed by atoms with Crippen molar-refractivity contribution in [3.63, 3.8) is 0 Å². The number of fused-ring (bicyclic) bond motifs is 2. The summed E-state index contributed by atoms with van der Waals surface area (Å²) in [5, 5.41) is 0. The van der Waals surface area contributed by atoms with Crippen LogP contribution in [0.15, 0.2) is 11.8 Å². The summed E-state index contributed by atoms with van der Waals surface area (Å²) >= 11 is 0. The van der Waals surface area contributed by atoms with E-state index in [9.17, 15) is 0 Å². The summed E-state index contributed by atoms with van der Waals surface area (Å²) in [5.41, 5.74) is 1.59. The molecular weight excluding hydrogens is 110 g/mol. The van der Waals surface area contributed by atoms with Gasteiger partial charge in [0.1, 0.15) is 0 Å². The lowest BCUT2D eigenvalue weighted by molar-refractivity contribution is 0.319. The van der Waals surface area contributed by atoms with Gasteiger partial charge in [-0.05, 0) is 25.7 Å². The highest BCUT2D eigenvalue weighted by molar-refractivity contribution is 5.11. The molecule has 50 valence electrons. The molecule has 0 unspecified atom stereocenters. The van der Waals surface area contributed by atoms with Gasteiger partial charge in [0.25, 0.3) is 0 Å². The highest BCUT2D eigenvalue weighted by Crippen LogP contribution is 2.32. The summed E-state index contributed by atoms with van der Waals surface area (Å²) in [5.74, 6) is 0. The van der Waals surface area contributed by atoms with Crippen molar-refractivity contribution in [1.82, 2.24) is 4.90 Å². The molecule has 0 aliphatic carbocycles. The number of hydrogen-bond donors (Lipinski definition) is 0. The molecule has 1 saturated heterocycles. The SMILES string of the molecule is CN1C2=CCC[C@@H]1CC2. The Morgan fingerprint density at radius 1 is 1.56 bits per heavy atom. The third-order valence-electron chi connectivity index (χ3n) is 2.61. The zero-order valence-electron chi connectivity index (χ0n) is 5.93. The minimum absolute atomic E-state index is 0.894. The molecule has 2 aliphatic heterocycles. The lowest BCUT2D eigenvalue weighted by atomic mass is 10.1. The molecule has 0 aromatic carbocycles. The highest BCUT2D eigenvalue weighted by atomic mass is 15.2. The van der Waals surface area contributed by atoms with Gasteiger partial charge in [-0.1, -0.05) is 6.08 Å². The van der Waals surface area contributed by atoms with Crippen LogP contribution in [0.3, 0.4) is 0 Å². The van der Waals surface area contributed by atoms with Crippen molar-refractivity contribution >= 4 is 0 Å². The normalized spacial score (nSPS) is 32.8. The van der Waals surface area contributed by atoms with E-state index in [1.54, 1.807) is 5.70 Å². The fourth-order valence-corrected chi connectivity index (χ4v) is 1.95. The third kappa shape index (κ3) is 0.673. The molecule has 9 heavy (non-hydrogen) atoms. The average Bonchev–Trinajstić information content (AvgIpc) is 2.19. The summed E-state index contributed by atoms with van der Waals surface area (Å²) in [6.45, 7) is 0. The fourth-order valence-electron chi connectivity index (χ4n) is 1.95. The first-order valence-electron chi connectivity index (χ1n) is 3.80. The van der Waals surface area contributed by atoms with Gasteiger partial charge in [-0.3, -0.25) is 0 Å². The van der Waals surface area contributed by atoms with Gasteiger partial charge in [0.05, 0.1) is 0 Å². The van der Waals surface area contributed by atoms with Crippen molar-refractivity contribution in [1.29, 1.82) is 0 Å². The van der Waals surface area contributed by atoms with Crippen LogP contribution in [0.25, 0.3) is 0 Å². The maximum Gasteiger partial charge on any atom is 0.0290 e. The molecule has 0 radical (unpaired) electrons. The summed E-state index contributed by atoms with van der Waals surface area (Å²) in [4.78, 5) is 2.45. The fraction of sp³-hybridized carbons (Fsp3) is 0.750. The van der Waals surface area contributed by atoms with E-state index in [0.717, 1.165) is 6.04 Å².